The second-order valence-corrected chi connectivity index (χ2v) is 7.63. The third-order valence-electron chi connectivity index (χ3n) is 4.84. The Morgan fingerprint density at radius 1 is 1.11 bits per heavy atom. The summed E-state index contributed by atoms with van der Waals surface area (Å²) in [6.07, 6.45) is 2.42. The lowest BCUT2D eigenvalue weighted by Gasteiger charge is -2.21. The van der Waals surface area contributed by atoms with Crippen LogP contribution in [-0.2, 0) is 20.8 Å². The largest absolute Gasteiger partial charge is 0.355 e. The van der Waals surface area contributed by atoms with E-state index in [1.54, 1.807) is 0 Å². The van der Waals surface area contributed by atoms with E-state index in [1.807, 2.05) is 19.1 Å². The average molecular weight is 373 g/mol. The van der Waals surface area contributed by atoms with E-state index in [9.17, 15) is 14.4 Å². The molecule has 148 valence electrons. The fraction of sp³-hybridized carbons (Fsp3) is 0.571. The Bertz CT molecular complexity index is 655. The van der Waals surface area contributed by atoms with Crippen molar-refractivity contribution in [1.82, 2.24) is 16.0 Å². The number of hydrogen-bond acceptors (Lipinski definition) is 3. The molecule has 1 aliphatic heterocycles. The number of amides is 3. The minimum atomic E-state index is -0.613. The molecule has 1 aromatic carbocycles. The lowest BCUT2D eigenvalue weighted by molar-refractivity contribution is -0.137. The summed E-state index contributed by atoms with van der Waals surface area (Å²) < 4.78 is 0. The molecule has 0 aromatic heterocycles. The first-order valence-electron chi connectivity index (χ1n) is 9.80. The molecule has 6 heteroatoms. The maximum absolute atomic E-state index is 12.3. The van der Waals surface area contributed by atoms with Crippen LogP contribution >= 0.6 is 0 Å². The predicted octanol–water partition coefficient (Wildman–Crippen LogP) is 1.75. The average Bonchev–Trinajstić information content (AvgIpc) is 2.64. The highest BCUT2D eigenvalue weighted by Crippen LogP contribution is 2.17. The van der Waals surface area contributed by atoms with Crippen LogP contribution < -0.4 is 16.0 Å². The fourth-order valence-electron chi connectivity index (χ4n) is 3.24. The Morgan fingerprint density at radius 3 is 2.41 bits per heavy atom. The van der Waals surface area contributed by atoms with Crippen molar-refractivity contribution in [2.75, 3.05) is 19.6 Å². The zero-order valence-corrected chi connectivity index (χ0v) is 16.5. The summed E-state index contributed by atoms with van der Waals surface area (Å²) in [7, 11) is 0. The molecule has 0 aliphatic carbocycles. The molecule has 2 rings (SSSR count). The van der Waals surface area contributed by atoms with Crippen molar-refractivity contribution in [3.63, 3.8) is 0 Å². The van der Waals surface area contributed by atoms with E-state index in [1.165, 1.54) is 5.56 Å². The van der Waals surface area contributed by atoms with Gasteiger partial charge < -0.3 is 16.0 Å². The molecule has 1 heterocycles. The van der Waals surface area contributed by atoms with Crippen molar-refractivity contribution >= 4 is 17.7 Å². The molecule has 0 saturated carbocycles. The van der Waals surface area contributed by atoms with Crippen molar-refractivity contribution in [2.24, 2.45) is 11.8 Å². The summed E-state index contributed by atoms with van der Waals surface area (Å²) in [5.41, 5.74) is 2.25. The van der Waals surface area contributed by atoms with Crippen molar-refractivity contribution in [2.45, 2.75) is 46.0 Å². The van der Waals surface area contributed by atoms with E-state index in [-0.39, 0.29) is 23.6 Å². The smallest absolute Gasteiger partial charge is 0.232 e. The van der Waals surface area contributed by atoms with Gasteiger partial charge in [-0.1, -0.05) is 38.1 Å². The molecule has 0 radical (unpaired) electrons. The van der Waals surface area contributed by atoms with Crippen LogP contribution in [0.2, 0.25) is 0 Å². The zero-order valence-electron chi connectivity index (χ0n) is 16.5. The first kappa shape index (κ1) is 20.9. The van der Waals surface area contributed by atoms with E-state index in [2.05, 4.69) is 41.9 Å². The summed E-state index contributed by atoms with van der Waals surface area (Å²) in [4.78, 5) is 36.0. The van der Waals surface area contributed by atoms with Gasteiger partial charge >= 0.3 is 0 Å². The van der Waals surface area contributed by atoms with E-state index in [0.717, 1.165) is 18.4 Å². The topological polar surface area (TPSA) is 87.3 Å². The minimum absolute atomic E-state index is 0.0729. The van der Waals surface area contributed by atoms with Gasteiger partial charge in [-0.2, -0.15) is 0 Å². The lowest BCUT2D eigenvalue weighted by Crippen LogP contribution is -2.46. The summed E-state index contributed by atoms with van der Waals surface area (Å²) in [5.74, 6) is -0.814. The fourth-order valence-corrected chi connectivity index (χ4v) is 3.24. The highest BCUT2D eigenvalue weighted by molar-refractivity contribution is 6.00. The molecule has 1 aromatic rings. The third-order valence-corrected chi connectivity index (χ3v) is 4.84. The number of carbonyl (C=O) groups excluding carboxylic acids is 3. The second-order valence-electron chi connectivity index (χ2n) is 7.63. The van der Waals surface area contributed by atoms with Gasteiger partial charge in [-0.3, -0.25) is 14.4 Å². The van der Waals surface area contributed by atoms with Gasteiger partial charge in [-0.25, -0.2) is 0 Å². The number of piperidine rings is 1. The molecule has 1 fully saturated rings. The summed E-state index contributed by atoms with van der Waals surface area (Å²) in [5, 5.41) is 8.27. The molecule has 0 bridgehead atoms. The molecule has 6 nitrogen and oxygen atoms in total. The molecule has 3 N–H and O–H groups in total. The van der Waals surface area contributed by atoms with Crippen molar-refractivity contribution in [3.8, 4) is 0 Å². The molecular weight excluding hydrogens is 342 g/mol. The van der Waals surface area contributed by atoms with Crippen molar-refractivity contribution in [3.05, 3.63) is 35.4 Å². The third kappa shape index (κ3) is 6.38. The van der Waals surface area contributed by atoms with Crippen molar-refractivity contribution < 1.29 is 14.4 Å². The minimum Gasteiger partial charge on any atom is -0.355 e. The lowest BCUT2D eigenvalue weighted by atomic mass is 9.96. The Kier molecular flexibility index (Phi) is 7.82. The summed E-state index contributed by atoms with van der Waals surface area (Å²) in [6, 6.07) is 8.17. The Hall–Kier alpha value is -2.37. The van der Waals surface area contributed by atoms with Gasteiger partial charge in [0, 0.05) is 19.6 Å². The summed E-state index contributed by atoms with van der Waals surface area (Å²) >= 11 is 0. The van der Waals surface area contributed by atoms with Crippen LogP contribution in [0.25, 0.3) is 0 Å². The van der Waals surface area contributed by atoms with Gasteiger partial charge in [0.2, 0.25) is 17.7 Å². The normalized spacial score (nSPS) is 17.9. The van der Waals surface area contributed by atoms with Crippen LogP contribution in [0.15, 0.2) is 24.3 Å². The van der Waals surface area contributed by atoms with Gasteiger partial charge in [0.25, 0.3) is 0 Å². The van der Waals surface area contributed by atoms with Crippen LogP contribution in [0.1, 0.15) is 50.7 Å². The first-order chi connectivity index (χ1) is 12.9. The maximum Gasteiger partial charge on any atom is 0.232 e. The van der Waals surface area contributed by atoms with Crippen LogP contribution in [0.5, 0.6) is 0 Å². The Morgan fingerprint density at radius 2 is 1.78 bits per heavy atom. The Labute approximate surface area is 161 Å². The van der Waals surface area contributed by atoms with E-state index >= 15 is 0 Å². The number of carbonyl (C=O) groups is 3. The highest BCUT2D eigenvalue weighted by Gasteiger charge is 2.28. The van der Waals surface area contributed by atoms with Gasteiger partial charge in [-0.05, 0) is 43.2 Å². The molecule has 2 unspecified atom stereocenters. The number of hydrogen-bond donors (Lipinski definition) is 3. The molecule has 0 spiro atoms. The van der Waals surface area contributed by atoms with Crippen molar-refractivity contribution in [1.29, 1.82) is 0 Å². The quantitative estimate of drug-likeness (QED) is 0.479. The summed E-state index contributed by atoms with van der Waals surface area (Å²) in [6.45, 7) is 7.53. The van der Waals surface area contributed by atoms with Crippen LogP contribution in [0, 0.1) is 11.8 Å². The molecule has 3 amide bonds. The van der Waals surface area contributed by atoms with Gasteiger partial charge in [0.05, 0.1) is 5.92 Å². The molecule has 1 saturated heterocycles. The van der Waals surface area contributed by atoms with E-state index in [4.69, 9.17) is 0 Å². The molecular formula is C21H31N3O3. The monoisotopic (exact) mass is 373 g/mol. The first-order valence-corrected chi connectivity index (χ1v) is 9.80. The van der Waals surface area contributed by atoms with E-state index in [0.29, 0.717) is 32.0 Å². The predicted molar refractivity (Wildman–Crippen MR) is 105 cm³/mol. The maximum atomic E-state index is 12.3. The number of nitrogens with one attached hydrogen (secondary N) is 3. The van der Waals surface area contributed by atoms with Gasteiger partial charge in [0.15, 0.2) is 0 Å². The SMILES string of the molecule is CC(C)Cc1ccc(C(C)C(=O)NCCNC(=O)C2CCCNC2=O)cc1. The molecule has 1 aliphatic rings. The van der Waals surface area contributed by atoms with Crippen LogP contribution in [0.3, 0.4) is 0 Å². The van der Waals surface area contributed by atoms with E-state index < -0.39 is 5.92 Å². The van der Waals surface area contributed by atoms with Gasteiger partial charge in [0.1, 0.15) is 5.92 Å². The van der Waals surface area contributed by atoms with Crippen LogP contribution in [0.4, 0.5) is 0 Å². The number of rotatable bonds is 8. The molecule has 2 atom stereocenters. The zero-order chi connectivity index (χ0) is 19.8. The van der Waals surface area contributed by atoms with Gasteiger partial charge in [-0.15, -0.1) is 0 Å². The standard InChI is InChI=1S/C21H31N3O3/c1-14(2)13-16-6-8-17(9-7-16)15(3)19(25)23-11-12-24-21(27)18-5-4-10-22-20(18)26/h6-9,14-15,18H,4-5,10-13H2,1-3H3,(H,22,26)(H,23,25)(H,24,27). The highest BCUT2D eigenvalue weighted by atomic mass is 16.2. The van der Waals surface area contributed by atoms with Crippen LogP contribution in [-0.4, -0.2) is 37.4 Å². The number of benzene rings is 1. The molecule has 27 heavy (non-hydrogen) atoms. The second kappa shape index (κ2) is 10.1. The Balaban J connectivity index is 1.73.